The van der Waals surface area contributed by atoms with Gasteiger partial charge >= 0.3 is 0 Å². The molecule has 3 rings (SSSR count). The van der Waals surface area contributed by atoms with Crippen molar-refractivity contribution in [2.75, 3.05) is 10.6 Å². The van der Waals surface area contributed by atoms with E-state index >= 15 is 0 Å². The molecule has 1 atom stereocenters. The van der Waals surface area contributed by atoms with Crippen molar-refractivity contribution in [3.63, 3.8) is 0 Å². The van der Waals surface area contributed by atoms with Gasteiger partial charge in [-0.15, -0.1) is 0 Å². The van der Waals surface area contributed by atoms with Crippen LogP contribution in [-0.2, 0) is 6.42 Å². The van der Waals surface area contributed by atoms with Gasteiger partial charge in [0.1, 0.15) is 5.82 Å². The van der Waals surface area contributed by atoms with E-state index in [9.17, 15) is 8.78 Å². The minimum atomic E-state index is -0.713. The lowest BCUT2D eigenvalue weighted by molar-refractivity contribution is 0.579. The Bertz CT molecular complexity index is 655. The van der Waals surface area contributed by atoms with Gasteiger partial charge in [0.15, 0.2) is 5.82 Å². The fourth-order valence-corrected chi connectivity index (χ4v) is 2.83. The van der Waals surface area contributed by atoms with Gasteiger partial charge in [-0.25, -0.2) is 8.78 Å². The number of hydrogen-bond donors (Lipinski definition) is 1. The fraction of sp³-hybridized carbons (Fsp3) is 0.250. The van der Waals surface area contributed by atoms with E-state index in [1.54, 1.807) is 0 Å². The van der Waals surface area contributed by atoms with Crippen LogP contribution in [0.15, 0.2) is 36.4 Å². The number of benzene rings is 2. The third-order valence-corrected chi connectivity index (χ3v) is 3.86. The van der Waals surface area contributed by atoms with Crippen molar-refractivity contribution in [1.82, 2.24) is 0 Å². The van der Waals surface area contributed by atoms with Gasteiger partial charge in [-0.3, -0.25) is 0 Å². The number of nitrogens with zero attached hydrogens (tertiary/aromatic N) is 1. The molecule has 0 saturated carbocycles. The number of halogens is 2. The molecule has 1 aliphatic heterocycles. The van der Waals surface area contributed by atoms with Crippen LogP contribution in [0.3, 0.4) is 0 Å². The Morgan fingerprint density at radius 2 is 1.90 bits per heavy atom. The summed E-state index contributed by atoms with van der Waals surface area (Å²) in [5.41, 5.74) is 8.37. The van der Waals surface area contributed by atoms with Gasteiger partial charge in [0.25, 0.3) is 0 Å². The number of hydrogen-bond acceptors (Lipinski definition) is 2. The van der Waals surface area contributed by atoms with Crippen LogP contribution >= 0.6 is 0 Å². The predicted molar refractivity (Wildman–Crippen MR) is 77.1 cm³/mol. The van der Waals surface area contributed by atoms with E-state index in [0.717, 1.165) is 24.6 Å². The highest BCUT2D eigenvalue weighted by Gasteiger charge is 2.26. The molecule has 0 saturated heterocycles. The SMILES string of the molecule is CC1CCc2ccccc2N1c1cc(F)cc(F)c1N. The summed E-state index contributed by atoms with van der Waals surface area (Å²) in [4.78, 5) is 1.93. The van der Waals surface area contributed by atoms with Crippen LogP contribution in [0.1, 0.15) is 18.9 Å². The predicted octanol–water partition coefficient (Wildman–Crippen LogP) is 4.02. The second-order valence-electron chi connectivity index (χ2n) is 5.21. The summed E-state index contributed by atoms with van der Waals surface area (Å²) in [6, 6.07) is 10.2. The lowest BCUT2D eigenvalue weighted by atomic mass is 9.95. The maximum Gasteiger partial charge on any atom is 0.151 e. The van der Waals surface area contributed by atoms with Crippen LogP contribution in [0.5, 0.6) is 0 Å². The minimum absolute atomic E-state index is 0.00467. The largest absolute Gasteiger partial charge is 0.395 e. The Hall–Kier alpha value is -2.10. The third-order valence-electron chi connectivity index (χ3n) is 3.86. The molecular weight excluding hydrogens is 258 g/mol. The molecule has 0 spiro atoms. The molecule has 2 N–H and O–H groups in total. The first-order valence-corrected chi connectivity index (χ1v) is 6.69. The highest BCUT2D eigenvalue weighted by Crippen LogP contribution is 2.40. The third kappa shape index (κ3) is 2.01. The summed E-state index contributed by atoms with van der Waals surface area (Å²) in [5, 5.41) is 0. The Morgan fingerprint density at radius 3 is 2.70 bits per heavy atom. The number of nitrogen functional groups attached to an aromatic ring is 1. The van der Waals surface area contributed by atoms with Crippen molar-refractivity contribution in [2.45, 2.75) is 25.8 Å². The van der Waals surface area contributed by atoms with Crippen molar-refractivity contribution in [3.8, 4) is 0 Å². The zero-order chi connectivity index (χ0) is 14.3. The number of nitrogens with two attached hydrogens (primary N) is 1. The van der Waals surface area contributed by atoms with Crippen LogP contribution in [0.2, 0.25) is 0 Å². The molecule has 2 nitrogen and oxygen atoms in total. The molecule has 4 heteroatoms. The number of anilines is 3. The Labute approximate surface area is 116 Å². The monoisotopic (exact) mass is 274 g/mol. The number of para-hydroxylation sites is 1. The molecule has 0 aliphatic carbocycles. The van der Waals surface area contributed by atoms with E-state index < -0.39 is 11.6 Å². The molecule has 1 heterocycles. The van der Waals surface area contributed by atoms with Crippen LogP contribution in [0, 0.1) is 11.6 Å². The topological polar surface area (TPSA) is 29.3 Å². The van der Waals surface area contributed by atoms with Gasteiger partial charge in [-0.05, 0) is 37.5 Å². The Kier molecular flexibility index (Phi) is 3.08. The summed E-state index contributed by atoms with van der Waals surface area (Å²) in [6.45, 7) is 2.04. The Morgan fingerprint density at radius 1 is 1.15 bits per heavy atom. The highest BCUT2D eigenvalue weighted by molar-refractivity contribution is 5.78. The molecule has 2 aromatic carbocycles. The van der Waals surface area contributed by atoms with E-state index in [0.29, 0.717) is 5.69 Å². The van der Waals surface area contributed by atoms with E-state index in [1.165, 1.54) is 11.6 Å². The van der Waals surface area contributed by atoms with Gasteiger partial charge < -0.3 is 10.6 Å². The summed E-state index contributed by atoms with van der Waals surface area (Å²) in [5.74, 6) is -1.32. The molecule has 0 bridgehead atoms. The zero-order valence-corrected chi connectivity index (χ0v) is 11.2. The lowest BCUT2D eigenvalue weighted by Gasteiger charge is -2.37. The van der Waals surface area contributed by atoms with Crippen molar-refractivity contribution < 1.29 is 8.78 Å². The van der Waals surface area contributed by atoms with Gasteiger partial charge in [-0.2, -0.15) is 0 Å². The molecule has 0 amide bonds. The summed E-state index contributed by atoms with van der Waals surface area (Å²) in [6.07, 6.45) is 1.89. The van der Waals surface area contributed by atoms with Crippen molar-refractivity contribution in [1.29, 1.82) is 0 Å². The van der Waals surface area contributed by atoms with E-state index in [4.69, 9.17) is 5.73 Å². The van der Waals surface area contributed by atoms with Crippen LogP contribution < -0.4 is 10.6 Å². The first-order valence-electron chi connectivity index (χ1n) is 6.69. The molecule has 2 aromatic rings. The average molecular weight is 274 g/mol. The molecule has 1 aliphatic rings. The average Bonchev–Trinajstić information content (AvgIpc) is 2.43. The number of fused-ring (bicyclic) bond motifs is 1. The second kappa shape index (κ2) is 4.78. The summed E-state index contributed by atoms with van der Waals surface area (Å²) < 4.78 is 27.3. The molecule has 0 fully saturated rings. The quantitative estimate of drug-likeness (QED) is 0.796. The normalized spacial score (nSPS) is 17.9. The zero-order valence-electron chi connectivity index (χ0n) is 11.2. The highest BCUT2D eigenvalue weighted by atomic mass is 19.1. The lowest BCUT2D eigenvalue weighted by Crippen LogP contribution is -2.33. The Balaban J connectivity index is 2.19. The van der Waals surface area contributed by atoms with Crippen LogP contribution in [0.4, 0.5) is 25.8 Å². The number of rotatable bonds is 1. The first-order chi connectivity index (χ1) is 9.58. The molecule has 104 valence electrons. The van der Waals surface area contributed by atoms with Crippen molar-refractivity contribution >= 4 is 17.1 Å². The molecular formula is C16H16F2N2. The van der Waals surface area contributed by atoms with Crippen molar-refractivity contribution in [3.05, 3.63) is 53.6 Å². The van der Waals surface area contributed by atoms with Gasteiger partial charge in [0, 0.05) is 17.8 Å². The maximum absolute atomic E-state index is 13.7. The molecule has 0 aromatic heterocycles. The van der Waals surface area contributed by atoms with Gasteiger partial charge in [0.05, 0.1) is 11.4 Å². The fourth-order valence-electron chi connectivity index (χ4n) is 2.83. The van der Waals surface area contributed by atoms with Gasteiger partial charge in [-0.1, -0.05) is 18.2 Å². The van der Waals surface area contributed by atoms with E-state index in [2.05, 4.69) is 0 Å². The maximum atomic E-state index is 13.7. The van der Waals surface area contributed by atoms with E-state index in [-0.39, 0.29) is 11.7 Å². The van der Waals surface area contributed by atoms with Crippen LogP contribution in [0.25, 0.3) is 0 Å². The second-order valence-corrected chi connectivity index (χ2v) is 5.21. The molecule has 1 unspecified atom stereocenters. The smallest absolute Gasteiger partial charge is 0.151 e. The summed E-state index contributed by atoms with van der Waals surface area (Å²) >= 11 is 0. The minimum Gasteiger partial charge on any atom is -0.395 e. The first kappa shape index (κ1) is 12.9. The van der Waals surface area contributed by atoms with Gasteiger partial charge in [0.2, 0.25) is 0 Å². The van der Waals surface area contributed by atoms with Crippen LogP contribution in [-0.4, -0.2) is 6.04 Å². The number of aryl methyl sites for hydroxylation is 1. The molecule has 0 radical (unpaired) electrons. The molecule has 20 heavy (non-hydrogen) atoms. The summed E-state index contributed by atoms with van der Waals surface area (Å²) in [7, 11) is 0. The van der Waals surface area contributed by atoms with Crippen molar-refractivity contribution in [2.24, 2.45) is 0 Å². The standard InChI is InChI=1S/C16H16F2N2/c1-10-6-7-11-4-2-3-5-14(11)20(10)15-9-12(17)8-13(18)16(15)19/h2-5,8-10H,6-7,19H2,1H3. The van der Waals surface area contributed by atoms with E-state index in [1.807, 2.05) is 36.1 Å².